The molecule has 4 rings (SSSR count). The number of carbonyl (C=O) groups excluding carboxylic acids is 1. The number of aryl methyl sites for hydroxylation is 1. The van der Waals surface area contributed by atoms with Crippen molar-refractivity contribution in [1.82, 2.24) is 5.32 Å². The van der Waals surface area contributed by atoms with Crippen LogP contribution >= 0.6 is 11.8 Å². The predicted octanol–water partition coefficient (Wildman–Crippen LogP) is 4.29. The van der Waals surface area contributed by atoms with E-state index in [1.54, 1.807) is 6.07 Å². The number of ether oxygens (including phenoxy) is 3. The zero-order chi connectivity index (χ0) is 29.0. The monoisotopic (exact) mass is 568 g/mol. The van der Waals surface area contributed by atoms with Gasteiger partial charge in [0.05, 0.1) is 32.3 Å². The van der Waals surface area contributed by atoms with E-state index in [0.29, 0.717) is 46.1 Å². The number of phenolic OH excluding ortho intramolecular Hbond substituents is 1. The van der Waals surface area contributed by atoms with Crippen molar-refractivity contribution in [2.24, 2.45) is 0 Å². The standard InChI is InChI=1S/C28H28N2O9S/c1-36-23-12-16-5-7-21(29-28(33)17-9-15(10-18(31)11-17)14-39-30(34)35)20-13-22(32)24(40-4)8-6-19(20)25(16)27(38-3)26(23)37-2/h6,8-13,21,31H,5,7,14H2,1-4H3,(H,29,33)/t21-/m0/s1. The van der Waals surface area contributed by atoms with Crippen LogP contribution < -0.4 is 25.0 Å². The Morgan fingerprint density at radius 1 is 1.10 bits per heavy atom. The number of carbonyl (C=O) groups is 1. The Labute approximate surface area is 234 Å². The number of hydrogen-bond donors (Lipinski definition) is 2. The van der Waals surface area contributed by atoms with Gasteiger partial charge in [0, 0.05) is 11.1 Å². The third-order valence-corrected chi connectivity index (χ3v) is 7.38. The van der Waals surface area contributed by atoms with Crippen LogP contribution in [0.3, 0.4) is 0 Å². The van der Waals surface area contributed by atoms with Crippen molar-refractivity contribution < 1.29 is 34.0 Å². The minimum atomic E-state index is -0.953. The SMILES string of the molecule is COc1cc2c(c(OC)c1OC)-c1ccc(SC)c(=O)cc1[C@@H](NC(=O)c1cc(O)cc(CO[N+](=O)[O-])c1)CC2. The normalized spacial score (nSPS) is 13.8. The molecule has 1 atom stereocenters. The molecule has 0 unspecified atom stereocenters. The van der Waals surface area contributed by atoms with Crippen molar-refractivity contribution in [1.29, 1.82) is 0 Å². The Hall–Kier alpha value is -4.45. The van der Waals surface area contributed by atoms with Crippen molar-refractivity contribution >= 4 is 17.7 Å². The van der Waals surface area contributed by atoms with Gasteiger partial charge in [-0.25, -0.2) is 0 Å². The van der Waals surface area contributed by atoms with E-state index >= 15 is 0 Å². The number of nitrogens with one attached hydrogen (secondary N) is 1. The molecule has 1 aliphatic rings. The van der Waals surface area contributed by atoms with Crippen molar-refractivity contribution in [3.05, 3.63) is 85.1 Å². The maximum Gasteiger partial charge on any atom is 0.294 e. The van der Waals surface area contributed by atoms with Gasteiger partial charge in [0.2, 0.25) is 5.75 Å². The number of benzene rings is 2. The molecular weight excluding hydrogens is 540 g/mol. The van der Waals surface area contributed by atoms with Gasteiger partial charge in [0.25, 0.3) is 11.0 Å². The smallest absolute Gasteiger partial charge is 0.294 e. The maximum absolute atomic E-state index is 13.4. The Kier molecular flexibility index (Phi) is 8.68. The van der Waals surface area contributed by atoms with Gasteiger partial charge in [0.15, 0.2) is 16.9 Å². The Morgan fingerprint density at radius 2 is 1.85 bits per heavy atom. The lowest BCUT2D eigenvalue weighted by molar-refractivity contribution is -0.763. The van der Waals surface area contributed by atoms with Gasteiger partial charge in [-0.05, 0) is 77.7 Å². The summed E-state index contributed by atoms with van der Waals surface area (Å²) in [4.78, 5) is 42.1. The molecule has 0 fully saturated rings. The van der Waals surface area contributed by atoms with Crippen LogP contribution in [-0.4, -0.2) is 43.7 Å². The largest absolute Gasteiger partial charge is 0.508 e. The molecule has 0 aromatic heterocycles. The third-order valence-electron chi connectivity index (χ3n) is 6.60. The van der Waals surface area contributed by atoms with E-state index in [0.717, 1.165) is 11.1 Å². The first kappa shape index (κ1) is 28.6. The van der Waals surface area contributed by atoms with Crippen LogP contribution in [0.25, 0.3) is 11.1 Å². The predicted molar refractivity (Wildman–Crippen MR) is 148 cm³/mol. The summed E-state index contributed by atoms with van der Waals surface area (Å²) >= 11 is 1.32. The van der Waals surface area contributed by atoms with Gasteiger partial charge in [-0.3, -0.25) is 9.59 Å². The zero-order valence-corrected chi connectivity index (χ0v) is 23.1. The molecule has 40 heavy (non-hydrogen) atoms. The van der Waals surface area contributed by atoms with Crippen LogP contribution in [0.1, 0.15) is 39.5 Å². The zero-order valence-electron chi connectivity index (χ0n) is 22.3. The average molecular weight is 569 g/mol. The fraction of sp³-hybridized carbons (Fsp3) is 0.286. The number of nitrogens with zero attached hydrogens (tertiary/aromatic N) is 1. The molecule has 0 saturated carbocycles. The summed E-state index contributed by atoms with van der Waals surface area (Å²) in [6, 6.07) is 10.3. The van der Waals surface area contributed by atoms with Crippen LogP contribution in [-0.2, 0) is 17.9 Å². The summed E-state index contributed by atoms with van der Waals surface area (Å²) < 4.78 is 17.0. The molecule has 0 aliphatic heterocycles. The topological polar surface area (TPSA) is 146 Å². The first-order valence-corrected chi connectivity index (χ1v) is 13.4. The lowest BCUT2D eigenvalue weighted by Gasteiger charge is -2.20. The number of rotatable bonds is 9. The summed E-state index contributed by atoms with van der Waals surface area (Å²) in [5, 5.41) is 22.8. The molecule has 11 nitrogen and oxygen atoms in total. The fourth-order valence-electron chi connectivity index (χ4n) is 4.87. The minimum absolute atomic E-state index is 0.0821. The highest BCUT2D eigenvalue weighted by molar-refractivity contribution is 7.98. The van der Waals surface area contributed by atoms with E-state index in [9.17, 15) is 24.8 Å². The molecule has 2 N–H and O–H groups in total. The summed E-state index contributed by atoms with van der Waals surface area (Å²) in [5.41, 5.74) is 3.01. The number of phenols is 1. The summed E-state index contributed by atoms with van der Waals surface area (Å²) in [5.74, 6) is 0.551. The highest BCUT2D eigenvalue weighted by Crippen LogP contribution is 2.50. The average Bonchev–Trinajstić information content (AvgIpc) is 3.18. The van der Waals surface area contributed by atoms with Crippen LogP contribution in [0.5, 0.6) is 23.0 Å². The van der Waals surface area contributed by atoms with Gasteiger partial charge in [0.1, 0.15) is 12.4 Å². The lowest BCUT2D eigenvalue weighted by atomic mass is 9.95. The number of aromatic hydroxyl groups is 1. The van der Waals surface area contributed by atoms with E-state index in [1.165, 1.54) is 57.4 Å². The van der Waals surface area contributed by atoms with Crippen molar-refractivity contribution in [2.45, 2.75) is 30.4 Å². The first-order chi connectivity index (χ1) is 19.2. The van der Waals surface area contributed by atoms with Crippen LogP contribution in [0.2, 0.25) is 0 Å². The Balaban J connectivity index is 1.84. The number of hydrogen-bond acceptors (Lipinski definition) is 10. The molecule has 1 amide bonds. The Morgan fingerprint density at radius 3 is 2.50 bits per heavy atom. The molecule has 0 radical (unpaired) electrons. The quantitative estimate of drug-likeness (QED) is 0.218. The van der Waals surface area contributed by atoms with Gasteiger partial charge >= 0.3 is 0 Å². The Bertz CT molecular complexity index is 1530. The highest BCUT2D eigenvalue weighted by atomic mass is 32.2. The van der Waals surface area contributed by atoms with Crippen LogP contribution in [0.4, 0.5) is 0 Å². The van der Waals surface area contributed by atoms with Gasteiger partial charge in [-0.15, -0.1) is 21.9 Å². The second-order valence-corrected chi connectivity index (χ2v) is 9.76. The first-order valence-electron chi connectivity index (χ1n) is 12.2. The van der Waals surface area contributed by atoms with Gasteiger partial charge in [-0.2, -0.15) is 0 Å². The second-order valence-electron chi connectivity index (χ2n) is 8.91. The van der Waals surface area contributed by atoms with Crippen molar-refractivity contribution in [3.8, 4) is 34.1 Å². The number of fused-ring (bicyclic) bond motifs is 3. The van der Waals surface area contributed by atoms with Crippen LogP contribution in [0, 0.1) is 10.1 Å². The van der Waals surface area contributed by atoms with Gasteiger partial charge < -0.3 is 29.5 Å². The van der Waals surface area contributed by atoms with E-state index in [4.69, 9.17) is 14.2 Å². The van der Waals surface area contributed by atoms with Crippen molar-refractivity contribution in [2.75, 3.05) is 27.6 Å². The molecular formula is C28H28N2O9S. The molecule has 0 spiro atoms. The molecule has 3 aromatic rings. The molecule has 0 bridgehead atoms. The van der Waals surface area contributed by atoms with E-state index in [1.807, 2.05) is 18.4 Å². The second kappa shape index (κ2) is 12.2. The summed E-state index contributed by atoms with van der Waals surface area (Å²) in [7, 11) is 4.57. The minimum Gasteiger partial charge on any atom is -0.508 e. The third kappa shape index (κ3) is 5.76. The van der Waals surface area contributed by atoms with Crippen molar-refractivity contribution in [3.63, 3.8) is 0 Å². The molecule has 210 valence electrons. The van der Waals surface area contributed by atoms with Gasteiger partial charge in [-0.1, -0.05) is 6.07 Å². The summed E-state index contributed by atoms with van der Waals surface area (Å²) in [6.07, 6.45) is 2.74. The molecule has 1 aliphatic carbocycles. The summed E-state index contributed by atoms with van der Waals surface area (Å²) in [6.45, 7) is -0.431. The molecule has 0 heterocycles. The van der Waals surface area contributed by atoms with E-state index in [2.05, 4.69) is 10.2 Å². The highest BCUT2D eigenvalue weighted by Gasteiger charge is 2.30. The molecule has 3 aromatic carbocycles. The number of thioether (sulfide) groups is 1. The number of amides is 1. The van der Waals surface area contributed by atoms with Crippen LogP contribution in [0.15, 0.2) is 52.2 Å². The molecule has 0 saturated heterocycles. The fourth-order valence-corrected chi connectivity index (χ4v) is 5.34. The maximum atomic E-state index is 13.4. The van der Waals surface area contributed by atoms with E-state index < -0.39 is 23.6 Å². The lowest BCUT2D eigenvalue weighted by Crippen LogP contribution is -2.29. The number of methoxy groups -OCH3 is 3. The van der Waals surface area contributed by atoms with E-state index in [-0.39, 0.29) is 22.3 Å². The molecule has 12 heteroatoms.